The molecule has 0 unspecified atom stereocenters. The summed E-state index contributed by atoms with van der Waals surface area (Å²) in [6, 6.07) is 16.0. The molecule has 0 aromatic heterocycles. The van der Waals surface area contributed by atoms with Crippen LogP contribution in [0.1, 0.15) is 30.9 Å². The highest BCUT2D eigenvalue weighted by molar-refractivity contribution is 5.82. The molecular weight excluding hydrogens is 418 g/mol. The van der Waals surface area contributed by atoms with E-state index >= 15 is 0 Å². The molecule has 7 nitrogen and oxygen atoms in total. The smallest absolute Gasteiger partial charge is 0.267 e. The van der Waals surface area contributed by atoms with Crippen molar-refractivity contribution in [1.29, 1.82) is 0 Å². The molecule has 176 valence electrons. The first-order valence-corrected chi connectivity index (χ1v) is 11.7. The van der Waals surface area contributed by atoms with Crippen LogP contribution in [0.4, 0.5) is 0 Å². The first kappa shape index (κ1) is 23.1. The van der Waals surface area contributed by atoms with E-state index in [9.17, 15) is 9.59 Å². The Morgan fingerprint density at radius 1 is 1.00 bits per heavy atom. The summed E-state index contributed by atoms with van der Waals surface area (Å²) in [5, 5.41) is 3.01. The van der Waals surface area contributed by atoms with Crippen molar-refractivity contribution in [3.05, 3.63) is 59.7 Å². The van der Waals surface area contributed by atoms with Crippen molar-refractivity contribution in [2.75, 3.05) is 45.9 Å². The molecule has 7 heteroatoms. The molecule has 2 heterocycles. The number of piperazine rings is 1. The van der Waals surface area contributed by atoms with Gasteiger partial charge in [0.25, 0.3) is 5.91 Å². The zero-order valence-electron chi connectivity index (χ0n) is 19.5. The van der Waals surface area contributed by atoms with E-state index in [1.807, 2.05) is 24.3 Å². The van der Waals surface area contributed by atoms with Crippen LogP contribution in [0.25, 0.3) is 0 Å². The monoisotopic (exact) mass is 451 g/mol. The van der Waals surface area contributed by atoms with Gasteiger partial charge in [0, 0.05) is 32.7 Å². The molecule has 1 atom stereocenters. The normalized spacial score (nSPS) is 18.3. The van der Waals surface area contributed by atoms with Crippen LogP contribution in [0, 0.1) is 0 Å². The third-order valence-electron chi connectivity index (χ3n) is 6.22. The molecule has 2 aliphatic rings. The number of amides is 2. The molecule has 2 aromatic rings. The number of benzene rings is 2. The van der Waals surface area contributed by atoms with Gasteiger partial charge >= 0.3 is 0 Å². The second-order valence-corrected chi connectivity index (χ2v) is 8.96. The van der Waals surface area contributed by atoms with Gasteiger partial charge in [-0.1, -0.05) is 50.2 Å². The Balaban J connectivity index is 1.15. The van der Waals surface area contributed by atoms with Crippen LogP contribution in [0.15, 0.2) is 48.5 Å². The predicted molar refractivity (Wildman–Crippen MR) is 127 cm³/mol. The van der Waals surface area contributed by atoms with Crippen molar-refractivity contribution >= 4 is 11.8 Å². The number of hydrogen-bond donors (Lipinski definition) is 1. The lowest BCUT2D eigenvalue weighted by atomic mass is 10.0. The van der Waals surface area contributed by atoms with Crippen LogP contribution < -0.4 is 14.8 Å². The zero-order valence-corrected chi connectivity index (χ0v) is 19.5. The van der Waals surface area contributed by atoms with Crippen molar-refractivity contribution in [3.63, 3.8) is 0 Å². The van der Waals surface area contributed by atoms with Crippen molar-refractivity contribution in [2.24, 2.45) is 0 Å². The number of para-hydroxylation sites is 2. The van der Waals surface area contributed by atoms with E-state index in [1.165, 1.54) is 11.1 Å². The summed E-state index contributed by atoms with van der Waals surface area (Å²) >= 11 is 0. The Labute approximate surface area is 195 Å². The van der Waals surface area contributed by atoms with E-state index in [1.54, 1.807) is 4.90 Å². The molecular formula is C26H33N3O4. The highest BCUT2D eigenvalue weighted by atomic mass is 16.6. The summed E-state index contributed by atoms with van der Waals surface area (Å²) in [7, 11) is 0. The number of rotatable bonds is 7. The SMILES string of the molecule is CC(C)c1ccc(CCNC(=O)CN2CCN(C(=O)[C@H]3COc4ccccc4O3)CC2)cc1. The van der Waals surface area contributed by atoms with Gasteiger partial charge in [-0.2, -0.15) is 0 Å². The maximum atomic E-state index is 12.8. The molecule has 33 heavy (non-hydrogen) atoms. The van der Waals surface area contributed by atoms with E-state index in [-0.39, 0.29) is 18.4 Å². The van der Waals surface area contributed by atoms with Gasteiger partial charge in [0.15, 0.2) is 11.5 Å². The molecule has 2 aliphatic heterocycles. The van der Waals surface area contributed by atoms with Crippen LogP contribution in [0.5, 0.6) is 11.5 Å². The lowest BCUT2D eigenvalue weighted by molar-refractivity contribution is -0.143. The van der Waals surface area contributed by atoms with Crippen LogP contribution in [-0.2, 0) is 16.0 Å². The Kier molecular flexibility index (Phi) is 7.50. The van der Waals surface area contributed by atoms with Gasteiger partial charge in [0.05, 0.1) is 6.54 Å². The lowest BCUT2D eigenvalue weighted by Crippen LogP contribution is -2.55. The molecule has 0 spiro atoms. The molecule has 0 bridgehead atoms. The fourth-order valence-corrected chi connectivity index (χ4v) is 4.15. The summed E-state index contributed by atoms with van der Waals surface area (Å²) in [4.78, 5) is 29.1. The first-order valence-electron chi connectivity index (χ1n) is 11.7. The van der Waals surface area contributed by atoms with E-state index in [0.717, 1.165) is 6.42 Å². The van der Waals surface area contributed by atoms with E-state index in [2.05, 4.69) is 48.3 Å². The minimum Gasteiger partial charge on any atom is -0.485 e. The number of fused-ring (bicyclic) bond motifs is 1. The van der Waals surface area contributed by atoms with Gasteiger partial charge in [0.2, 0.25) is 12.0 Å². The number of hydrogen-bond acceptors (Lipinski definition) is 5. The fraction of sp³-hybridized carbons (Fsp3) is 0.462. The van der Waals surface area contributed by atoms with E-state index < -0.39 is 6.10 Å². The summed E-state index contributed by atoms with van der Waals surface area (Å²) in [5.74, 6) is 1.76. The molecule has 0 saturated carbocycles. The highest BCUT2D eigenvalue weighted by Crippen LogP contribution is 2.31. The average Bonchev–Trinajstić information content (AvgIpc) is 2.84. The number of nitrogens with zero attached hydrogens (tertiary/aromatic N) is 2. The largest absolute Gasteiger partial charge is 0.485 e. The van der Waals surface area contributed by atoms with Gasteiger partial charge in [-0.3, -0.25) is 14.5 Å². The number of nitrogens with one attached hydrogen (secondary N) is 1. The molecule has 1 N–H and O–H groups in total. The maximum absolute atomic E-state index is 12.8. The van der Waals surface area contributed by atoms with Gasteiger partial charge in [-0.05, 0) is 35.6 Å². The van der Waals surface area contributed by atoms with E-state index in [0.29, 0.717) is 56.7 Å². The third-order valence-corrected chi connectivity index (χ3v) is 6.22. The quantitative estimate of drug-likeness (QED) is 0.700. The van der Waals surface area contributed by atoms with Crippen LogP contribution >= 0.6 is 0 Å². The Hall–Kier alpha value is -3.06. The van der Waals surface area contributed by atoms with Gasteiger partial charge in [0.1, 0.15) is 6.61 Å². The average molecular weight is 452 g/mol. The second-order valence-electron chi connectivity index (χ2n) is 8.96. The molecule has 4 rings (SSSR count). The third kappa shape index (κ3) is 6.05. The highest BCUT2D eigenvalue weighted by Gasteiger charge is 2.32. The van der Waals surface area contributed by atoms with Crippen LogP contribution in [0.3, 0.4) is 0 Å². The molecule has 1 fully saturated rings. The second kappa shape index (κ2) is 10.7. The molecule has 0 aliphatic carbocycles. The Morgan fingerprint density at radius 3 is 2.39 bits per heavy atom. The number of ether oxygens (including phenoxy) is 2. The summed E-state index contributed by atoms with van der Waals surface area (Å²) in [6.07, 6.45) is 0.197. The minimum atomic E-state index is -0.621. The van der Waals surface area contributed by atoms with Crippen molar-refractivity contribution in [2.45, 2.75) is 32.3 Å². The molecule has 2 aromatic carbocycles. The number of carbonyl (C=O) groups is 2. The molecule has 2 amide bonds. The van der Waals surface area contributed by atoms with Crippen LogP contribution in [-0.4, -0.2) is 73.6 Å². The predicted octanol–water partition coefficient (Wildman–Crippen LogP) is 2.45. The lowest BCUT2D eigenvalue weighted by Gasteiger charge is -2.36. The topological polar surface area (TPSA) is 71.1 Å². The van der Waals surface area contributed by atoms with Crippen molar-refractivity contribution in [1.82, 2.24) is 15.1 Å². The van der Waals surface area contributed by atoms with Gasteiger partial charge in [-0.15, -0.1) is 0 Å². The summed E-state index contributed by atoms with van der Waals surface area (Å²) in [5.41, 5.74) is 2.55. The molecule has 1 saturated heterocycles. The minimum absolute atomic E-state index is 0.0224. The fourth-order valence-electron chi connectivity index (χ4n) is 4.15. The Bertz CT molecular complexity index is 952. The first-order chi connectivity index (χ1) is 16.0. The van der Waals surface area contributed by atoms with E-state index in [4.69, 9.17) is 9.47 Å². The van der Waals surface area contributed by atoms with Crippen LogP contribution in [0.2, 0.25) is 0 Å². The van der Waals surface area contributed by atoms with Gasteiger partial charge in [-0.25, -0.2) is 0 Å². The standard InChI is InChI=1S/C26H33N3O4/c1-19(2)21-9-7-20(8-10-21)11-12-27-25(30)17-28-13-15-29(16-14-28)26(31)24-18-32-22-5-3-4-6-23(22)33-24/h3-10,19,24H,11-18H2,1-2H3,(H,27,30)/t24-/m1/s1. The summed E-state index contributed by atoms with van der Waals surface area (Å²) < 4.78 is 11.5. The zero-order chi connectivity index (χ0) is 23.2. The maximum Gasteiger partial charge on any atom is 0.267 e. The Morgan fingerprint density at radius 2 is 1.70 bits per heavy atom. The summed E-state index contributed by atoms with van der Waals surface area (Å²) in [6.45, 7) is 8.05. The van der Waals surface area contributed by atoms with Crippen molar-refractivity contribution < 1.29 is 19.1 Å². The number of carbonyl (C=O) groups excluding carboxylic acids is 2. The molecule has 0 radical (unpaired) electrons. The van der Waals surface area contributed by atoms with Gasteiger partial charge < -0.3 is 19.7 Å². The van der Waals surface area contributed by atoms with Crippen molar-refractivity contribution in [3.8, 4) is 11.5 Å².